The Labute approximate surface area is 63.9 Å². The van der Waals surface area contributed by atoms with Gasteiger partial charge in [0, 0.05) is 10.2 Å². The van der Waals surface area contributed by atoms with E-state index in [1.807, 2.05) is 0 Å². The van der Waals surface area contributed by atoms with Crippen LogP contribution in [-0.2, 0) is 4.74 Å². The van der Waals surface area contributed by atoms with E-state index in [-0.39, 0.29) is 0 Å². The number of alkyl halides is 1. The molecule has 1 saturated heterocycles. The topological polar surface area (TPSA) is 9.23 Å². The molecule has 1 heterocycles. The Bertz CT molecular complexity index is 120. The second-order valence-corrected chi connectivity index (χ2v) is 4.63. The molecule has 0 amide bonds. The van der Waals surface area contributed by atoms with Crippen LogP contribution in [-0.4, -0.2) is 18.0 Å². The summed E-state index contributed by atoms with van der Waals surface area (Å²) in [5.41, 5.74) is 0.619. The molecular weight excluding hydrogens is 180 g/mol. The maximum Gasteiger partial charge on any atom is 0.0545 e. The van der Waals surface area contributed by atoms with Gasteiger partial charge in [-0.3, -0.25) is 0 Å². The van der Waals surface area contributed by atoms with Crippen molar-refractivity contribution in [3.63, 3.8) is 0 Å². The van der Waals surface area contributed by atoms with E-state index in [1.54, 1.807) is 0 Å². The first-order chi connectivity index (χ1) is 4.31. The Morgan fingerprint density at radius 1 is 1.44 bits per heavy atom. The van der Waals surface area contributed by atoms with Crippen LogP contribution in [0.5, 0.6) is 0 Å². The van der Waals surface area contributed by atoms with E-state index < -0.39 is 0 Å². The van der Waals surface area contributed by atoms with E-state index in [1.165, 1.54) is 19.3 Å². The Morgan fingerprint density at radius 2 is 2.22 bits per heavy atom. The fraction of sp³-hybridized carbons (Fsp3) is 1.00. The van der Waals surface area contributed by atoms with Crippen molar-refractivity contribution in [2.45, 2.75) is 24.1 Å². The molecule has 1 aliphatic heterocycles. The van der Waals surface area contributed by atoms with Crippen LogP contribution in [0.1, 0.15) is 19.3 Å². The van der Waals surface area contributed by atoms with Crippen molar-refractivity contribution < 1.29 is 4.74 Å². The number of ether oxygens (including phenoxy) is 1. The third-order valence-electron chi connectivity index (χ3n) is 2.46. The van der Waals surface area contributed by atoms with Gasteiger partial charge in [-0.1, -0.05) is 15.9 Å². The van der Waals surface area contributed by atoms with Crippen LogP contribution in [0.3, 0.4) is 0 Å². The quantitative estimate of drug-likeness (QED) is 0.531. The average Bonchev–Trinajstić information content (AvgIpc) is 2.09. The van der Waals surface area contributed by atoms with Crippen LogP contribution in [0.4, 0.5) is 0 Å². The Morgan fingerprint density at radius 3 is 2.44 bits per heavy atom. The summed E-state index contributed by atoms with van der Waals surface area (Å²) in [7, 11) is 0. The fourth-order valence-corrected chi connectivity index (χ4v) is 2.71. The van der Waals surface area contributed by atoms with Gasteiger partial charge in [0.25, 0.3) is 0 Å². The molecule has 0 N–H and O–H groups in total. The summed E-state index contributed by atoms with van der Waals surface area (Å²) in [4.78, 5) is 0.779. The monoisotopic (exact) mass is 190 g/mol. The maximum atomic E-state index is 5.19. The van der Waals surface area contributed by atoms with Gasteiger partial charge in [0.15, 0.2) is 0 Å². The number of halogens is 1. The van der Waals surface area contributed by atoms with E-state index >= 15 is 0 Å². The van der Waals surface area contributed by atoms with Gasteiger partial charge in [-0.15, -0.1) is 0 Å². The third-order valence-corrected chi connectivity index (χ3v) is 3.24. The number of rotatable bonds is 0. The van der Waals surface area contributed by atoms with Crippen LogP contribution in [0.15, 0.2) is 0 Å². The molecule has 0 radical (unpaired) electrons. The highest BCUT2D eigenvalue weighted by molar-refractivity contribution is 9.09. The average molecular weight is 191 g/mol. The minimum absolute atomic E-state index is 0.619. The smallest absolute Gasteiger partial charge is 0.0545 e. The lowest BCUT2D eigenvalue weighted by molar-refractivity contribution is -0.107. The normalized spacial score (nSPS) is 39.0. The fourth-order valence-electron chi connectivity index (χ4n) is 1.79. The highest BCUT2D eigenvalue weighted by Crippen LogP contribution is 2.46. The molecule has 0 aromatic heterocycles. The molecule has 1 nitrogen and oxygen atoms in total. The molecule has 2 fully saturated rings. The standard InChI is InChI=1S/C7H11BrO/c8-6-1-2-7(3-6)4-9-5-7/h6H,1-5H2. The summed E-state index contributed by atoms with van der Waals surface area (Å²) in [5, 5.41) is 0. The number of hydrogen-bond donors (Lipinski definition) is 0. The summed E-state index contributed by atoms with van der Waals surface area (Å²) < 4.78 is 5.19. The highest BCUT2D eigenvalue weighted by Gasteiger charge is 2.44. The van der Waals surface area contributed by atoms with Crippen LogP contribution in [0.25, 0.3) is 0 Å². The second kappa shape index (κ2) is 1.96. The molecule has 52 valence electrons. The Kier molecular flexibility index (Phi) is 1.34. The van der Waals surface area contributed by atoms with Crippen molar-refractivity contribution in [2.75, 3.05) is 13.2 Å². The molecule has 0 bridgehead atoms. The van der Waals surface area contributed by atoms with Crippen LogP contribution in [0, 0.1) is 5.41 Å². The van der Waals surface area contributed by atoms with Gasteiger partial charge in [-0.2, -0.15) is 0 Å². The lowest BCUT2D eigenvalue weighted by Crippen LogP contribution is -2.40. The van der Waals surface area contributed by atoms with Crippen molar-refractivity contribution in [2.24, 2.45) is 5.41 Å². The largest absolute Gasteiger partial charge is 0.380 e. The van der Waals surface area contributed by atoms with Gasteiger partial charge in [-0.05, 0) is 19.3 Å². The Hall–Kier alpha value is 0.440. The number of hydrogen-bond acceptors (Lipinski definition) is 1. The summed E-state index contributed by atoms with van der Waals surface area (Å²) in [6.45, 7) is 2.05. The van der Waals surface area contributed by atoms with Crippen molar-refractivity contribution in [1.82, 2.24) is 0 Å². The molecule has 0 aromatic carbocycles. The molecule has 1 aliphatic carbocycles. The first-order valence-corrected chi connectivity index (χ1v) is 4.44. The van der Waals surface area contributed by atoms with E-state index in [0.29, 0.717) is 5.41 Å². The summed E-state index contributed by atoms with van der Waals surface area (Å²) >= 11 is 3.63. The highest BCUT2D eigenvalue weighted by atomic mass is 79.9. The molecule has 2 rings (SSSR count). The third kappa shape index (κ3) is 0.926. The second-order valence-electron chi connectivity index (χ2n) is 3.33. The molecule has 1 unspecified atom stereocenters. The lowest BCUT2D eigenvalue weighted by atomic mass is 9.85. The molecule has 2 heteroatoms. The predicted octanol–water partition coefficient (Wildman–Crippen LogP) is 1.95. The van der Waals surface area contributed by atoms with Crippen LogP contribution >= 0.6 is 15.9 Å². The van der Waals surface area contributed by atoms with Gasteiger partial charge in [-0.25, -0.2) is 0 Å². The first kappa shape index (κ1) is 6.17. The summed E-state index contributed by atoms with van der Waals surface area (Å²) in [5.74, 6) is 0. The van der Waals surface area contributed by atoms with Crippen LogP contribution < -0.4 is 0 Å². The van der Waals surface area contributed by atoms with Crippen molar-refractivity contribution in [1.29, 1.82) is 0 Å². The van der Waals surface area contributed by atoms with Gasteiger partial charge in [0.2, 0.25) is 0 Å². The molecule has 1 saturated carbocycles. The van der Waals surface area contributed by atoms with E-state index in [4.69, 9.17) is 4.74 Å². The van der Waals surface area contributed by atoms with Crippen molar-refractivity contribution in [3.8, 4) is 0 Å². The molecular formula is C7H11BrO. The first-order valence-electron chi connectivity index (χ1n) is 3.53. The van der Waals surface area contributed by atoms with Crippen molar-refractivity contribution >= 4 is 15.9 Å². The minimum Gasteiger partial charge on any atom is -0.380 e. The zero-order chi connectivity index (χ0) is 6.32. The Balaban J connectivity index is 1.99. The predicted molar refractivity (Wildman–Crippen MR) is 39.8 cm³/mol. The molecule has 2 aliphatic rings. The van der Waals surface area contributed by atoms with E-state index in [2.05, 4.69) is 15.9 Å². The maximum absolute atomic E-state index is 5.19. The molecule has 9 heavy (non-hydrogen) atoms. The molecule has 1 atom stereocenters. The lowest BCUT2D eigenvalue weighted by Gasteiger charge is -2.37. The van der Waals surface area contributed by atoms with Gasteiger partial charge < -0.3 is 4.74 Å². The van der Waals surface area contributed by atoms with Gasteiger partial charge in [0.05, 0.1) is 13.2 Å². The van der Waals surface area contributed by atoms with Gasteiger partial charge >= 0.3 is 0 Å². The summed E-state index contributed by atoms with van der Waals surface area (Å²) in [6, 6.07) is 0. The van der Waals surface area contributed by atoms with E-state index in [0.717, 1.165) is 18.0 Å². The zero-order valence-corrected chi connectivity index (χ0v) is 6.99. The van der Waals surface area contributed by atoms with Crippen LogP contribution in [0.2, 0.25) is 0 Å². The zero-order valence-electron chi connectivity index (χ0n) is 5.40. The van der Waals surface area contributed by atoms with Gasteiger partial charge in [0.1, 0.15) is 0 Å². The SMILES string of the molecule is BrC1CCC2(COC2)C1. The summed E-state index contributed by atoms with van der Waals surface area (Å²) in [6.07, 6.45) is 4.07. The van der Waals surface area contributed by atoms with Crippen molar-refractivity contribution in [3.05, 3.63) is 0 Å². The van der Waals surface area contributed by atoms with E-state index in [9.17, 15) is 0 Å². The molecule has 1 spiro atoms. The minimum atomic E-state index is 0.619. The molecule has 0 aromatic rings.